The van der Waals surface area contributed by atoms with Gasteiger partial charge in [-0.1, -0.05) is 24.3 Å². The van der Waals surface area contributed by atoms with Gasteiger partial charge in [0, 0.05) is 38.3 Å². The number of anilines is 1. The van der Waals surface area contributed by atoms with Gasteiger partial charge in [0.15, 0.2) is 0 Å². The lowest BCUT2D eigenvalue weighted by molar-refractivity contribution is -0.138. The van der Waals surface area contributed by atoms with Crippen LogP contribution >= 0.6 is 0 Å². The summed E-state index contributed by atoms with van der Waals surface area (Å²) in [7, 11) is 0. The summed E-state index contributed by atoms with van der Waals surface area (Å²) in [6.07, 6.45) is -3.15. The van der Waals surface area contributed by atoms with Crippen LogP contribution in [-0.2, 0) is 17.5 Å². The Hall–Kier alpha value is -2.41. The summed E-state index contributed by atoms with van der Waals surface area (Å²) >= 11 is 0. The van der Waals surface area contributed by atoms with Crippen molar-refractivity contribution in [2.45, 2.75) is 45.5 Å². The first-order chi connectivity index (χ1) is 13.7. The molecule has 0 aromatic heterocycles. The Morgan fingerprint density at radius 1 is 1.14 bits per heavy atom. The highest BCUT2D eigenvalue weighted by molar-refractivity contribution is 5.92. The number of likely N-dealkylation sites (tertiary alicyclic amines) is 1. The minimum atomic E-state index is -4.38. The fraction of sp³-hybridized carbons (Fsp3) is 0.409. The molecule has 0 aliphatic carbocycles. The number of hydrogen-bond donors (Lipinski definition) is 0. The van der Waals surface area contributed by atoms with Gasteiger partial charge in [-0.05, 0) is 49.1 Å². The zero-order valence-electron chi connectivity index (χ0n) is 16.5. The summed E-state index contributed by atoms with van der Waals surface area (Å²) in [5.41, 5.74) is 0.668. The van der Waals surface area contributed by atoms with Gasteiger partial charge in [0.1, 0.15) is 5.82 Å². The first-order valence-electron chi connectivity index (χ1n) is 9.60. The lowest BCUT2D eigenvalue weighted by atomic mass is 10.00. The topological polar surface area (TPSA) is 23.6 Å². The lowest BCUT2D eigenvalue weighted by Crippen LogP contribution is -2.47. The molecule has 2 aromatic carbocycles. The first kappa shape index (κ1) is 21.3. The summed E-state index contributed by atoms with van der Waals surface area (Å²) in [6, 6.07) is 10.2. The Morgan fingerprint density at radius 2 is 1.79 bits per heavy atom. The molecule has 0 saturated carbocycles. The zero-order chi connectivity index (χ0) is 21.2. The molecule has 1 fully saturated rings. The monoisotopic (exact) mass is 408 g/mol. The molecule has 1 aliphatic rings. The number of benzene rings is 2. The molecule has 0 atom stereocenters. The number of carbonyl (C=O) groups is 1. The quantitative estimate of drug-likeness (QED) is 0.652. The molecule has 7 heteroatoms. The second-order valence-electron chi connectivity index (χ2n) is 7.48. The average Bonchev–Trinajstić information content (AvgIpc) is 2.65. The van der Waals surface area contributed by atoms with E-state index in [2.05, 4.69) is 0 Å². The molecule has 1 heterocycles. The maximum Gasteiger partial charge on any atom is 0.416 e. The van der Waals surface area contributed by atoms with Gasteiger partial charge in [0.25, 0.3) is 0 Å². The molecule has 1 aliphatic heterocycles. The highest BCUT2D eigenvalue weighted by Crippen LogP contribution is 2.33. The molecule has 2 aromatic rings. The van der Waals surface area contributed by atoms with Gasteiger partial charge in [0.2, 0.25) is 5.91 Å². The van der Waals surface area contributed by atoms with E-state index < -0.39 is 11.7 Å². The van der Waals surface area contributed by atoms with E-state index in [1.54, 1.807) is 30.0 Å². The Balaban J connectivity index is 1.69. The summed E-state index contributed by atoms with van der Waals surface area (Å²) in [5, 5.41) is 0. The van der Waals surface area contributed by atoms with Gasteiger partial charge in [0.05, 0.1) is 5.56 Å². The van der Waals surface area contributed by atoms with Gasteiger partial charge in [-0.15, -0.1) is 0 Å². The van der Waals surface area contributed by atoms with Gasteiger partial charge >= 0.3 is 6.18 Å². The molecule has 156 valence electrons. The minimum absolute atomic E-state index is 0.108. The molecule has 0 spiro atoms. The normalized spacial score (nSPS) is 16.1. The SMILES string of the molecule is CC(=O)N(c1ccc(C)c(F)c1)C1CCN(Cc2ccccc2C(F)(F)F)CC1. The van der Waals surface area contributed by atoms with Gasteiger partial charge < -0.3 is 4.90 Å². The van der Waals surface area contributed by atoms with Gasteiger partial charge in [-0.3, -0.25) is 9.69 Å². The molecule has 0 bridgehead atoms. The maximum atomic E-state index is 14.0. The van der Waals surface area contributed by atoms with E-state index >= 15 is 0 Å². The van der Waals surface area contributed by atoms with E-state index in [9.17, 15) is 22.4 Å². The fourth-order valence-corrected chi connectivity index (χ4v) is 3.89. The van der Waals surface area contributed by atoms with Crippen LogP contribution < -0.4 is 4.90 Å². The molecular weight excluding hydrogens is 384 g/mol. The van der Waals surface area contributed by atoms with Crippen LogP contribution in [0.3, 0.4) is 0 Å². The predicted molar refractivity (Wildman–Crippen MR) is 104 cm³/mol. The number of piperidine rings is 1. The van der Waals surface area contributed by atoms with E-state index in [0.29, 0.717) is 37.2 Å². The lowest BCUT2D eigenvalue weighted by Gasteiger charge is -2.38. The van der Waals surface area contributed by atoms with E-state index in [1.807, 2.05) is 4.90 Å². The molecule has 0 unspecified atom stereocenters. The highest BCUT2D eigenvalue weighted by Gasteiger charge is 2.34. The number of carbonyl (C=O) groups excluding carboxylic acids is 1. The molecular formula is C22H24F4N2O. The highest BCUT2D eigenvalue weighted by atomic mass is 19.4. The fourth-order valence-electron chi connectivity index (χ4n) is 3.89. The van der Waals surface area contributed by atoms with Gasteiger partial charge in [-0.2, -0.15) is 13.2 Å². The van der Waals surface area contributed by atoms with Gasteiger partial charge in [-0.25, -0.2) is 4.39 Å². The van der Waals surface area contributed by atoms with Crippen molar-refractivity contribution in [1.29, 1.82) is 0 Å². The van der Waals surface area contributed by atoms with Crippen molar-refractivity contribution in [3.8, 4) is 0 Å². The van der Waals surface area contributed by atoms with Crippen molar-refractivity contribution in [3.05, 3.63) is 65.0 Å². The standard InChI is InChI=1S/C22H24F4N2O/c1-15-7-8-19(13-21(15)23)28(16(2)29)18-9-11-27(12-10-18)14-17-5-3-4-6-20(17)22(24,25)26/h3-8,13,18H,9-12,14H2,1-2H3. The van der Waals surface area contributed by atoms with Crippen molar-refractivity contribution in [1.82, 2.24) is 4.90 Å². The summed E-state index contributed by atoms with van der Waals surface area (Å²) in [4.78, 5) is 15.8. The van der Waals surface area contributed by atoms with Crippen LogP contribution in [0, 0.1) is 12.7 Å². The number of alkyl halides is 3. The second-order valence-corrected chi connectivity index (χ2v) is 7.48. The second kappa shape index (κ2) is 8.53. The van der Waals surface area contributed by atoms with Crippen LogP contribution in [0.15, 0.2) is 42.5 Å². The smallest absolute Gasteiger partial charge is 0.309 e. The molecule has 0 radical (unpaired) electrons. The Bertz CT molecular complexity index is 873. The van der Waals surface area contributed by atoms with Crippen LogP contribution in [0.4, 0.5) is 23.2 Å². The van der Waals surface area contributed by atoms with Crippen molar-refractivity contribution < 1.29 is 22.4 Å². The van der Waals surface area contributed by atoms with Crippen LogP contribution in [-0.4, -0.2) is 29.9 Å². The average molecular weight is 408 g/mol. The molecule has 1 amide bonds. The Kier molecular flexibility index (Phi) is 6.27. The van der Waals surface area contributed by atoms with E-state index in [-0.39, 0.29) is 29.9 Å². The van der Waals surface area contributed by atoms with Crippen LogP contribution in [0.2, 0.25) is 0 Å². The van der Waals surface area contributed by atoms with Crippen molar-refractivity contribution in [3.63, 3.8) is 0 Å². The number of hydrogen-bond acceptors (Lipinski definition) is 2. The zero-order valence-corrected chi connectivity index (χ0v) is 16.5. The third-order valence-electron chi connectivity index (χ3n) is 5.41. The number of amides is 1. The minimum Gasteiger partial charge on any atom is -0.309 e. The number of halogens is 4. The van der Waals surface area contributed by atoms with Crippen molar-refractivity contribution in [2.24, 2.45) is 0 Å². The first-order valence-corrected chi connectivity index (χ1v) is 9.60. The summed E-state index contributed by atoms with van der Waals surface area (Å²) in [5.74, 6) is -0.538. The van der Waals surface area contributed by atoms with Crippen molar-refractivity contribution in [2.75, 3.05) is 18.0 Å². The van der Waals surface area contributed by atoms with Crippen LogP contribution in [0.5, 0.6) is 0 Å². The summed E-state index contributed by atoms with van der Waals surface area (Å²) in [6.45, 7) is 4.45. The largest absolute Gasteiger partial charge is 0.416 e. The Morgan fingerprint density at radius 3 is 2.38 bits per heavy atom. The number of aryl methyl sites for hydroxylation is 1. The van der Waals surface area contributed by atoms with Crippen LogP contribution in [0.1, 0.15) is 36.5 Å². The predicted octanol–water partition coefficient (Wildman–Crippen LogP) is 5.17. The van der Waals surface area contributed by atoms with E-state index in [1.165, 1.54) is 25.1 Å². The van der Waals surface area contributed by atoms with Crippen LogP contribution in [0.25, 0.3) is 0 Å². The number of nitrogens with zero attached hydrogens (tertiary/aromatic N) is 2. The van der Waals surface area contributed by atoms with E-state index in [0.717, 1.165) is 6.07 Å². The molecule has 3 nitrogen and oxygen atoms in total. The number of rotatable bonds is 4. The third-order valence-corrected chi connectivity index (χ3v) is 5.41. The Labute approximate surface area is 167 Å². The third kappa shape index (κ3) is 4.96. The van der Waals surface area contributed by atoms with E-state index in [4.69, 9.17) is 0 Å². The summed E-state index contributed by atoms with van der Waals surface area (Å²) < 4.78 is 53.6. The molecule has 3 rings (SSSR count). The molecule has 1 saturated heterocycles. The van der Waals surface area contributed by atoms with Crippen molar-refractivity contribution >= 4 is 11.6 Å². The molecule has 0 N–H and O–H groups in total. The molecule has 29 heavy (non-hydrogen) atoms. The maximum absolute atomic E-state index is 14.0.